The summed E-state index contributed by atoms with van der Waals surface area (Å²) in [4.78, 5) is 11.3. The monoisotopic (exact) mass is 294 g/mol. The van der Waals surface area contributed by atoms with Crippen molar-refractivity contribution in [2.24, 2.45) is 0 Å². The molecule has 0 radical (unpaired) electrons. The van der Waals surface area contributed by atoms with E-state index >= 15 is 0 Å². The van der Waals surface area contributed by atoms with E-state index in [1.165, 1.54) is 14.0 Å². The molecule has 0 aromatic heterocycles. The number of ketones is 1. The Labute approximate surface area is 116 Å². The van der Waals surface area contributed by atoms with Gasteiger partial charge in [-0.15, -0.1) is 0 Å². The normalized spacial score (nSPS) is 11.6. The molecule has 0 saturated heterocycles. The van der Waals surface area contributed by atoms with E-state index in [-0.39, 0.29) is 16.9 Å². The maximum atomic E-state index is 11.8. The van der Waals surface area contributed by atoms with Gasteiger partial charge in [-0.25, -0.2) is 0 Å². The van der Waals surface area contributed by atoms with Crippen molar-refractivity contribution in [1.82, 2.24) is 0 Å². The Morgan fingerprint density at radius 2 is 1.80 bits per heavy atom. The number of hydrogen-bond donors (Lipinski definition) is 3. The molecule has 0 aliphatic rings. The lowest BCUT2D eigenvalue weighted by molar-refractivity contribution is 0.101. The third-order valence-electron chi connectivity index (χ3n) is 3.07. The molecule has 0 fully saturated rings. The molecule has 2 rings (SSSR count). The summed E-state index contributed by atoms with van der Waals surface area (Å²) >= 11 is 0. The van der Waals surface area contributed by atoms with Gasteiger partial charge in [-0.1, -0.05) is 24.3 Å². The fraction of sp³-hybridized carbons (Fsp3) is 0.154. The molecule has 106 valence electrons. The first-order chi connectivity index (χ1) is 9.29. The number of carbonyl (C=O) groups is 1. The topological polar surface area (TPSA) is 109 Å². The number of anilines is 2. The van der Waals surface area contributed by atoms with Gasteiger partial charge in [-0.05, 0) is 6.92 Å². The van der Waals surface area contributed by atoms with Crippen LogP contribution in [0.2, 0.25) is 0 Å². The Kier molecular flexibility index (Phi) is 3.41. The molecular formula is C13H14N2O4S. The number of benzene rings is 2. The molecule has 7 heteroatoms. The van der Waals surface area contributed by atoms with Gasteiger partial charge in [-0.2, -0.15) is 8.42 Å². The van der Waals surface area contributed by atoms with E-state index in [1.54, 1.807) is 24.3 Å². The number of fused-ring (bicyclic) bond motifs is 1. The fourth-order valence-electron chi connectivity index (χ4n) is 2.30. The van der Waals surface area contributed by atoms with E-state index in [0.29, 0.717) is 10.8 Å². The van der Waals surface area contributed by atoms with E-state index in [9.17, 15) is 17.8 Å². The van der Waals surface area contributed by atoms with Crippen LogP contribution in [-0.4, -0.2) is 25.8 Å². The average Bonchev–Trinajstić information content (AvgIpc) is 2.37. The van der Waals surface area contributed by atoms with Crippen molar-refractivity contribution < 1.29 is 17.8 Å². The van der Waals surface area contributed by atoms with Gasteiger partial charge in [0.2, 0.25) is 0 Å². The summed E-state index contributed by atoms with van der Waals surface area (Å²) in [6.45, 7) is 1.20. The molecule has 2 aromatic carbocycles. The summed E-state index contributed by atoms with van der Waals surface area (Å²) < 4.78 is 32.7. The lowest BCUT2D eigenvalue weighted by Gasteiger charge is -2.17. The third kappa shape index (κ3) is 2.10. The minimum atomic E-state index is -4.60. The van der Waals surface area contributed by atoms with Gasteiger partial charge in [0.15, 0.2) is 5.78 Å². The van der Waals surface area contributed by atoms with Gasteiger partial charge in [0.05, 0.1) is 16.9 Å². The molecule has 0 aliphatic carbocycles. The van der Waals surface area contributed by atoms with Crippen LogP contribution in [0, 0.1) is 0 Å². The molecule has 0 unspecified atom stereocenters. The van der Waals surface area contributed by atoms with E-state index in [2.05, 4.69) is 5.32 Å². The van der Waals surface area contributed by atoms with Gasteiger partial charge < -0.3 is 11.1 Å². The summed E-state index contributed by atoms with van der Waals surface area (Å²) in [5.74, 6) is -0.530. The summed E-state index contributed by atoms with van der Waals surface area (Å²) in [6, 6.07) is 6.79. The molecule has 4 N–H and O–H groups in total. The fourth-order valence-corrected chi connectivity index (χ4v) is 3.28. The van der Waals surface area contributed by atoms with Crippen molar-refractivity contribution in [2.45, 2.75) is 11.8 Å². The van der Waals surface area contributed by atoms with E-state index in [4.69, 9.17) is 5.73 Å². The van der Waals surface area contributed by atoms with Crippen LogP contribution in [0.3, 0.4) is 0 Å². The SMILES string of the molecule is CNc1c(S(=O)(=O)O)c(C(C)=O)c(N)c2ccccc12. The lowest BCUT2D eigenvalue weighted by Crippen LogP contribution is -2.13. The lowest BCUT2D eigenvalue weighted by atomic mass is 10.00. The molecule has 6 nitrogen and oxygen atoms in total. The highest BCUT2D eigenvalue weighted by Gasteiger charge is 2.27. The zero-order chi connectivity index (χ0) is 15.1. The maximum absolute atomic E-state index is 11.8. The van der Waals surface area contributed by atoms with E-state index in [0.717, 1.165) is 0 Å². The summed E-state index contributed by atoms with van der Waals surface area (Å²) in [5.41, 5.74) is 5.91. The Morgan fingerprint density at radius 1 is 1.25 bits per heavy atom. The standard InChI is InChI=1S/C13H14N2O4S/c1-7(16)10-11(14)8-5-3-4-6-9(8)12(15-2)13(10)20(17,18)19/h3-6,15H,14H2,1-2H3,(H,17,18,19). The highest BCUT2D eigenvalue weighted by molar-refractivity contribution is 7.86. The predicted molar refractivity (Wildman–Crippen MR) is 77.7 cm³/mol. The molecule has 20 heavy (non-hydrogen) atoms. The van der Waals surface area contributed by atoms with Gasteiger partial charge >= 0.3 is 0 Å². The number of rotatable bonds is 3. The van der Waals surface area contributed by atoms with Crippen molar-refractivity contribution in [3.8, 4) is 0 Å². The van der Waals surface area contributed by atoms with Crippen molar-refractivity contribution in [2.75, 3.05) is 18.1 Å². The quantitative estimate of drug-likeness (QED) is 0.453. The van der Waals surface area contributed by atoms with Crippen LogP contribution >= 0.6 is 0 Å². The molecule has 0 spiro atoms. The zero-order valence-corrected chi connectivity index (χ0v) is 11.8. The second-order valence-electron chi connectivity index (χ2n) is 4.32. The average molecular weight is 294 g/mol. The second-order valence-corrected chi connectivity index (χ2v) is 5.68. The number of hydrogen-bond acceptors (Lipinski definition) is 5. The first-order valence-electron chi connectivity index (χ1n) is 5.79. The van der Waals surface area contributed by atoms with Gasteiger partial charge in [-0.3, -0.25) is 9.35 Å². The van der Waals surface area contributed by atoms with E-state index in [1.807, 2.05) is 0 Å². The molecule has 0 saturated carbocycles. The zero-order valence-electron chi connectivity index (χ0n) is 11.0. The Balaban J connectivity index is 3.16. The number of nitrogens with two attached hydrogens (primary N) is 1. The summed E-state index contributed by atoms with van der Waals surface area (Å²) in [6.07, 6.45) is 0. The van der Waals surface area contributed by atoms with Gasteiger partial charge in [0.1, 0.15) is 4.90 Å². The molecule has 0 aliphatic heterocycles. The minimum Gasteiger partial charge on any atom is -0.398 e. The highest BCUT2D eigenvalue weighted by atomic mass is 32.2. The van der Waals surface area contributed by atoms with E-state index < -0.39 is 20.8 Å². The van der Waals surface area contributed by atoms with Gasteiger partial charge in [0, 0.05) is 17.8 Å². The maximum Gasteiger partial charge on any atom is 0.297 e. The third-order valence-corrected chi connectivity index (χ3v) is 3.99. The van der Waals surface area contributed by atoms with Crippen LogP contribution in [0.5, 0.6) is 0 Å². The van der Waals surface area contributed by atoms with Crippen molar-refractivity contribution in [1.29, 1.82) is 0 Å². The smallest absolute Gasteiger partial charge is 0.297 e. The molecule has 0 amide bonds. The van der Waals surface area contributed by atoms with Crippen LogP contribution in [-0.2, 0) is 10.1 Å². The summed E-state index contributed by atoms with van der Waals surface area (Å²) in [7, 11) is -3.09. The predicted octanol–water partition coefficient (Wildman–Crippen LogP) is 1.91. The molecule has 0 atom stereocenters. The molecular weight excluding hydrogens is 280 g/mol. The highest BCUT2D eigenvalue weighted by Crippen LogP contribution is 2.38. The van der Waals surface area contributed by atoms with Crippen LogP contribution in [0.25, 0.3) is 10.8 Å². The number of carbonyl (C=O) groups excluding carboxylic acids is 1. The second kappa shape index (κ2) is 4.77. The van der Waals surface area contributed by atoms with Crippen molar-refractivity contribution >= 4 is 38.0 Å². The Hall–Kier alpha value is -2.12. The summed E-state index contributed by atoms with van der Waals surface area (Å²) in [5, 5.41) is 3.79. The molecule has 0 bridgehead atoms. The number of nitrogens with one attached hydrogen (secondary N) is 1. The van der Waals surface area contributed by atoms with Crippen LogP contribution in [0.4, 0.5) is 11.4 Å². The molecule has 2 aromatic rings. The van der Waals surface area contributed by atoms with Gasteiger partial charge in [0.25, 0.3) is 10.1 Å². The van der Waals surface area contributed by atoms with Crippen LogP contribution < -0.4 is 11.1 Å². The number of Topliss-reactive ketones (excluding diaryl/α,β-unsaturated/α-hetero) is 1. The first-order valence-corrected chi connectivity index (χ1v) is 7.23. The van der Waals surface area contributed by atoms with Crippen molar-refractivity contribution in [3.63, 3.8) is 0 Å². The van der Waals surface area contributed by atoms with Crippen LogP contribution in [0.1, 0.15) is 17.3 Å². The molecule has 0 heterocycles. The minimum absolute atomic E-state index is 0.0414. The largest absolute Gasteiger partial charge is 0.398 e. The van der Waals surface area contributed by atoms with Crippen molar-refractivity contribution in [3.05, 3.63) is 29.8 Å². The first kappa shape index (κ1) is 14.3. The van der Waals surface area contributed by atoms with Crippen LogP contribution in [0.15, 0.2) is 29.2 Å². The Morgan fingerprint density at radius 3 is 2.25 bits per heavy atom. The Bertz CT molecular complexity index is 813. The number of nitrogen functional groups attached to an aromatic ring is 1.